The number of carbonyl (C=O) groups excluding carboxylic acids is 2. The van der Waals surface area contributed by atoms with E-state index in [-0.39, 0.29) is 28.9 Å². The second kappa shape index (κ2) is 21.9. The molecular weight excluding hydrogens is 1030 g/mol. The van der Waals surface area contributed by atoms with Crippen LogP contribution in [-0.2, 0) is 29.9 Å². The Kier molecular flexibility index (Phi) is 16.3. The van der Waals surface area contributed by atoms with Crippen molar-refractivity contribution in [2.75, 3.05) is 0 Å². The molecule has 6 aromatic carbocycles. The van der Waals surface area contributed by atoms with Crippen LogP contribution >= 0.6 is 0 Å². The van der Waals surface area contributed by atoms with Crippen LogP contribution in [-0.4, -0.2) is 45.2 Å². The standard InChI is InChI=1S/C25H18F7N5O2.C25H17F7N2O2/c1-14-4-2-5-16(10-14)23(13-21-34-36-37-35-21,17-6-3-7-18(12-17)39-25(30,31)32)33-22(38)15-8-9-20(26)19(11-15)24(27,28)29;1-15-4-2-5-17(12-15)23(10-11-33,18-6-3-7-19(14-18)36-25(30,31)32)34-22(35)16-8-9-21(26)20(13-16)24(27,28)29/h2-12H,13H2,1H3,(H,33,38)(H,34,35,36,37);2-9,12-14H,10H2,1H3,(H,34,35). The van der Waals surface area contributed by atoms with Crippen LogP contribution in [0.1, 0.15) is 77.5 Å². The molecule has 2 atom stereocenters. The van der Waals surface area contributed by atoms with Crippen molar-refractivity contribution in [1.82, 2.24) is 31.3 Å². The molecule has 2 unspecified atom stereocenters. The van der Waals surface area contributed by atoms with E-state index in [1.54, 1.807) is 56.3 Å². The van der Waals surface area contributed by atoms with Gasteiger partial charge in [-0.25, -0.2) is 8.78 Å². The van der Waals surface area contributed by atoms with Gasteiger partial charge in [0.1, 0.15) is 28.7 Å². The van der Waals surface area contributed by atoms with Gasteiger partial charge in [-0.1, -0.05) is 89.1 Å². The minimum Gasteiger partial charge on any atom is -0.406 e. The number of carbonyl (C=O) groups is 2. The Morgan fingerprint density at radius 2 is 0.960 bits per heavy atom. The number of nitrogens with zero attached hydrogens (tertiary/aromatic N) is 4. The van der Waals surface area contributed by atoms with Crippen molar-refractivity contribution in [2.24, 2.45) is 0 Å². The van der Waals surface area contributed by atoms with Crippen LogP contribution in [0.4, 0.5) is 61.5 Å². The number of H-pyrrole nitrogens is 1. The van der Waals surface area contributed by atoms with Crippen molar-refractivity contribution >= 4 is 11.8 Å². The van der Waals surface area contributed by atoms with Crippen LogP contribution in [0.3, 0.4) is 0 Å². The second-order valence-electron chi connectivity index (χ2n) is 16.3. The van der Waals surface area contributed by atoms with Crippen LogP contribution in [0.25, 0.3) is 0 Å². The molecule has 0 aliphatic heterocycles. The monoisotopic (exact) mass is 1060 g/mol. The summed E-state index contributed by atoms with van der Waals surface area (Å²) < 4.78 is 193. The first-order valence-electron chi connectivity index (χ1n) is 21.4. The highest BCUT2D eigenvalue weighted by Crippen LogP contribution is 2.40. The van der Waals surface area contributed by atoms with Crippen molar-refractivity contribution in [3.05, 3.63) is 207 Å². The number of tetrazole rings is 1. The second-order valence-corrected chi connectivity index (χ2v) is 16.3. The maximum absolute atomic E-state index is 13.9. The molecule has 0 radical (unpaired) electrons. The molecule has 0 aliphatic rings. The van der Waals surface area contributed by atoms with E-state index in [0.29, 0.717) is 41.0 Å². The summed E-state index contributed by atoms with van der Waals surface area (Å²) in [5.74, 6) is -6.57. The summed E-state index contributed by atoms with van der Waals surface area (Å²) in [6.07, 6.45) is -21.0. The average Bonchev–Trinajstić information content (AvgIpc) is 3.83. The van der Waals surface area contributed by atoms with Crippen LogP contribution < -0.4 is 20.1 Å². The number of hydrogen-bond donors (Lipinski definition) is 3. The Balaban J connectivity index is 0.000000245. The number of alkyl halides is 12. The molecule has 7 aromatic rings. The molecule has 0 bridgehead atoms. The van der Waals surface area contributed by atoms with Crippen LogP contribution in [0, 0.1) is 36.8 Å². The van der Waals surface area contributed by atoms with Crippen molar-refractivity contribution in [2.45, 2.75) is 62.8 Å². The van der Waals surface area contributed by atoms with Crippen LogP contribution in [0.15, 0.2) is 133 Å². The molecule has 2 amide bonds. The molecular formula is C50H35F14N7O4. The first-order valence-corrected chi connectivity index (χ1v) is 21.4. The number of aryl methyl sites for hydroxylation is 2. The number of nitrogens with one attached hydrogen (secondary N) is 3. The molecule has 25 heteroatoms. The number of rotatable bonds is 13. The first kappa shape index (κ1) is 55.7. The number of aromatic amines is 1. The lowest BCUT2D eigenvalue weighted by Gasteiger charge is -2.36. The molecule has 1 heterocycles. The Morgan fingerprint density at radius 1 is 0.560 bits per heavy atom. The fourth-order valence-corrected chi connectivity index (χ4v) is 7.77. The van der Waals surface area contributed by atoms with Gasteiger partial charge in [-0.3, -0.25) is 9.59 Å². The zero-order chi connectivity index (χ0) is 55.1. The van der Waals surface area contributed by atoms with Gasteiger partial charge < -0.3 is 20.1 Å². The van der Waals surface area contributed by atoms with Gasteiger partial charge in [0.05, 0.1) is 29.2 Å². The highest BCUT2D eigenvalue weighted by Gasteiger charge is 2.42. The van der Waals surface area contributed by atoms with E-state index in [9.17, 15) is 76.3 Å². The fraction of sp³-hybridized carbons (Fsp3) is 0.200. The molecule has 11 nitrogen and oxygen atoms in total. The van der Waals surface area contributed by atoms with E-state index < -0.39 is 99.8 Å². The van der Waals surface area contributed by atoms with Gasteiger partial charge in [0.15, 0.2) is 5.82 Å². The SMILES string of the molecule is Cc1cccc(C(CC#N)(NC(=O)c2ccc(F)c(C(F)(F)F)c2)c2cccc(OC(F)(F)F)c2)c1.Cc1cccc(C(Cc2nn[nH]n2)(NC(=O)c2ccc(F)c(C(F)(F)F)c2)c2cccc(OC(F)(F)F)c2)c1. The quantitative estimate of drug-likeness (QED) is 0.0964. The third kappa shape index (κ3) is 13.9. The van der Waals surface area contributed by atoms with E-state index in [4.69, 9.17) is 0 Å². The summed E-state index contributed by atoms with van der Waals surface area (Å²) in [6, 6.07) is 27.4. The molecule has 0 saturated heterocycles. The van der Waals surface area contributed by atoms with E-state index in [0.717, 1.165) is 36.4 Å². The summed E-state index contributed by atoms with van der Waals surface area (Å²) in [5.41, 5.74) is -5.93. The molecule has 0 aliphatic carbocycles. The van der Waals surface area contributed by atoms with Gasteiger partial charge in [-0.15, -0.1) is 36.5 Å². The van der Waals surface area contributed by atoms with E-state index in [2.05, 4.69) is 40.7 Å². The third-order valence-electron chi connectivity index (χ3n) is 11.0. The lowest BCUT2D eigenvalue weighted by molar-refractivity contribution is -0.275. The summed E-state index contributed by atoms with van der Waals surface area (Å²) >= 11 is 0. The number of aromatic nitrogens is 4. The maximum atomic E-state index is 13.9. The zero-order valence-corrected chi connectivity index (χ0v) is 38.3. The van der Waals surface area contributed by atoms with Gasteiger partial charge in [-0.2, -0.15) is 36.8 Å². The highest BCUT2D eigenvalue weighted by molar-refractivity contribution is 5.96. The number of nitriles is 1. The zero-order valence-electron chi connectivity index (χ0n) is 38.3. The topological polar surface area (TPSA) is 155 Å². The minimum atomic E-state index is -5.08. The predicted octanol–water partition coefficient (Wildman–Crippen LogP) is 12.1. The van der Waals surface area contributed by atoms with Gasteiger partial charge in [-0.05, 0) is 96.8 Å². The Morgan fingerprint density at radius 3 is 1.35 bits per heavy atom. The highest BCUT2D eigenvalue weighted by atomic mass is 19.4. The Hall–Kier alpha value is -8.56. The molecule has 3 N–H and O–H groups in total. The number of hydrogen-bond acceptors (Lipinski definition) is 8. The van der Waals surface area contributed by atoms with E-state index in [1.165, 1.54) is 30.3 Å². The van der Waals surface area contributed by atoms with Gasteiger partial charge in [0.25, 0.3) is 11.8 Å². The minimum absolute atomic E-state index is 0.00269. The Labute approximate surface area is 415 Å². The summed E-state index contributed by atoms with van der Waals surface area (Å²) in [5, 5.41) is 28.3. The van der Waals surface area contributed by atoms with E-state index in [1.807, 2.05) is 6.07 Å². The lowest BCUT2D eigenvalue weighted by Crippen LogP contribution is -2.49. The van der Waals surface area contributed by atoms with Crippen molar-refractivity contribution in [3.63, 3.8) is 0 Å². The molecule has 75 heavy (non-hydrogen) atoms. The van der Waals surface area contributed by atoms with Crippen LogP contribution in [0.5, 0.6) is 11.5 Å². The van der Waals surface area contributed by atoms with Crippen molar-refractivity contribution in [3.8, 4) is 17.6 Å². The first-order chi connectivity index (χ1) is 35.0. The number of halogens is 14. The van der Waals surface area contributed by atoms with Gasteiger partial charge in [0, 0.05) is 17.5 Å². The number of ether oxygens (including phenoxy) is 2. The van der Waals surface area contributed by atoms with Crippen molar-refractivity contribution < 1.29 is 80.5 Å². The van der Waals surface area contributed by atoms with Crippen LogP contribution in [0.2, 0.25) is 0 Å². The molecule has 7 rings (SSSR count). The van der Waals surface area contributed by atoms with Gasteiger partial charge in [0.2, 0.25) is 0 Å². The summed E-state index contributed by atoms with van der Waals surface area (Å²) in [6.45, 7) is 3.42. The average molecular weight is 1060 g/mol. The van der Waals surface area contributed by atoms with E-state index >= 15 is 0 Å². The normalized spacial score (nSPS) is 13.5. The fourth-order valence-electron chi connectivity index (χ4n) is 7.77. The number of benzene rings is 6. The predicted molar refractivity (Wildman–Crippen MR) is 236 cm³/mol. The molecule has 1 aromatic heterocycles. The molecule has 392 valence electrons. The largest absolute Gasteiger partial charge is 0.573 e. The van der Waals surface area contributed by atoms with Crippen molar-refractivity contribution in [1.29, 1.82) is 5.26 Å². The molecule has 0 fully saturated rings. The summed E-state index contributed by atoms with van der Waals surface area (Å²) in [7, 11) is 0. The molecule has 0 saturated carbocycles. The smallest absolute Gasteiger partial charge is 0.406 e. The maximum Gasteiger partial charge on any atom is 0.573 e. The Bertz CT molecular complexity index is 3210. The molecule has 0 spiro atoms. The van der Waals surface area contributed by atoms with Gasteiger partial charge >= 0.3 is 25.1 Å². The lowest BCUT2D eigenvalue weighted by atomic mass is 9.78. The third-order valence-corrected chi connectivity index (χ3v) is 11.0. The summed E-state index contributed by atoms with van der Waals surface area (Å²) in [4.78, 5) is 26.6. The number of amides is 2.